The van der Waals surface area contributed by atoms with Crippen molar-refractivity contribution in [1.82, 2.24) is 0 Å². The number of fused-ring (bicyclic) bond motifs is 9. The van der Waals surface area contributed by atoms with Crippen molar-refractivity contribution in [2.45, 2.75) is 19.6 Å². The van der Waals surface area contributed by atoms with Crippen LogP contribution in [0.5, 0.6) is 0 Å². The van der Waals surface area contributed by atoms with Crippen molar-refractivity contribution in [1.29, 1.82) is 0 Å². The van der Waals surface area contributed by atoms with Gasteiger partial charge in [0.15, 0.2) is 0 Å². The molecule has 1 atom stereocenters. The van der Waals surface area contributed by atoms with E-state index >= 15 is 0 Å². The standard InChI is InChI=1S/C21H19N3O/c1-12-5-3-7-16-18(12)23(2)21-17-13(11-24(16)21)8-9-14-15-6-4-10-22-20(15)25-19(14)17/h3-9,21-22H,10-11H2,1-2H3. The van der Waals surface area contributed by atoms with Gasteiger partial charge in [0.25, 0.3) is 0 Å². The molecule has 0 saturated carbocycles. The number of furan rings is 1. The molecule has 0 bridgehead atoms. The molecule has 1 N–H and O–H groups in total. The van der Waals surface area contributed by atoms with E-state index in [1.165, 1.54) is 39.0 Å². The van der Waals surface area contributed by atoms with Gasteiger partial charge in [-0.1, -0.05) is 36.4 Å². The van der Waals surface area contributed by atoms with Gasteiger partial charge in [-0.15, -0.1) is 0 Å². The van der Waals surface area contributed by atoms with Gasteiger partial charge in [0.1, 0.15) is 11.7 Å². The zero-order valence-corrected chi connectivity index (χ0v) is 14.3. The van der Waals surface area contributed by atoms with Crippen LogP contribution in [0.15, 0.2) is 40.8 Å². The minimum Gasteiger partial charge on any atom is -0.440 e. The van der Waals surface area contributed by atoms with Crippen molar-refractivity contribution in [3.63, 3.8) is 0 Å². The molecule has 0 radical (unpaired) electrons. The summed E-state index contributed by atoms with van der Waals surface area (Å²) in [6.45, 7) is 3.96. The Morgan fingerprint density at radius 1 is 1.20 bits per heavy atom. The van der Waals surface area contributed by atoms with Gasteiger partial charge in [-0.3, -0.25) is 0 Å². The molecule has 3 aromatic rings. The molecular formula is C21H19N3O. The molecule has 25 heavy (non-hydrogen) atoms. The van der Waals surface area contributed by atoms with Gasteiger partial charge in [-0.2, -0.15) is 0 Å². The summed E-state index contributed by atoms with van der Waals surface area (Å²) in [6.07, 6.45) is 4.54. The molecule has 4 heterocycles. The first kappa shape index (κ1) is 13.4. The molecule has 4 heteroatoms. The number of hydrogen-bond donors (Lipinski definition) is 1. The molecule has 2 aromatic carbocycles. The van der Waals surface area contributed by atoms with Gasteiger partial charge in [-0.25, -0.2) is 0 Å². The van der Waals surface area contributed by atoms with Gasteiger partial charge < -0.3 is 19.5 Å². The summed E-state index contributed by atoms with van der Waals surface area (Å²) in [5.74, 6) is 0.902. The molecule has 0 fully saturated rings. The van der Waals surface area contributed by atoms with E-state index in [1.807, 2.05) is 0 Å². The summed E-state index contributed by atoms with van der Waals surface area (Å²) in [6, 6.07) is 11.1. The third-order valence-corrected chi connectivity index (χ3v) is 5.83. The highest BCUT2D eigenvalue weighted by Crippen LogP contribution is 2.54. The van der Waals surface area contributed by atoms with E-state index in [0.29, 0.717) is 0 Å². The van der Waals surface area contributed by atoms with Gasteiger partial charge >= 0.3 is 0 Å². The van der Waals surface area contributed by atoms with Crippen LogP contribution < -0.4 is 15.1 Å². The van der Waals surface area contributed by atoms with Gasteiger partial charge in [0.05, 0.1) is 11.4 Å². The number of aryl methyl sites for hydroxylation is 1. The lowest BCUT2D eigenvalue weighted by Gasteiger charge is -2.24. The van der Waals surface area contributed by atoms with Crippen LogP contribution in [-0.2, 0) is 6.54 Å². The fourth-order valence-electron chi connectivity index (χ4n) is 4.79. The van der Waals surface area contributed by atoms with Crippen LogP contribution in [0.4, 0.5) is 17.3 Å². The van der Waals surface area contributed by atoms with Crippen LogP contribution >= 0.6 is 0 Å². The van der Waals surface area contributed by atoms with Crippen LogP contribution in [0.3, 0.4) is 0 Å². The highest BCUT2D eigenvalue weighted by molar-refractivity contribution is 5.97. The van der Waals surface area contributed by atoms with E-state index in [9.17, 15) is 0 Å². The molecule has 124 valence electrons. The van der Waals surface area contributed by atoms with Crippen molar-refractivity contribution in [2.75, 3.05) is 28.7 Å². The molecule has 0 spiro atoms. The number of benzene rings is 2. The zero-order valence-electron chi connectivity index (χ0n) is 14.3. The SMILES string of the molecule is Cc1cccc2c1N(C)C1c3c(ccc4c5c(oc34)NCC=C5)CN21. The van der Waals surface area contributed by atoms with E-state index < -0.39 is 0 Å². The summed E-state index contributed by atoms with van der Waals surface area (Å²) in [4.78, 5) is 4.90. The number of rotatable bonds is 0. The topological polar surface area (TPSA) is 31.7 Å². The monoisotopic (exact) mass is 329 g/mol. The molecule has 0 amide bonds. The largest absolute Gasteiger partial charge is 0.440 e. The zero-order chi connectivity index (χ0) is 16.7. The van der Waals surface area contributed by atoms with E-state index in [1.54, 1.807) is 0 Å². The van der Waals surface area contributed by atoms with Gasteiger partial charge in [0.2, 0.25) is 5.88 Å². The Kier molecular flexibility index (Phi) is 2.36. The molecule has 3 aliphatic heterocycles. The lowest BCUT2D eigenvalue weighted by atomic mass is 10.0. The van der Waals surface area contributed by atoms with E-state index in [-0.39, 0.29) is 6.17 Å². The summed E-state index contributed by atoms with van der Waals surface area (Å²) >= 11 is 0. The summed E-state index contributed by atoms with van der Waals surface area (Å²) < 4.78 is 6.30. The lowest BCUT2D eigenvalue weighted by molar-refractivity contribution is 0.612. The number of nitrogens with one attached hydrogen (secondary N) is 1. The fourth-order valence-corrected chi connectivity index (χ4v) is 4.79. The Morgan fingerprint density at radius 2 is 2.12 bits per heavy atom. The summed E-state index contributed by atoms with van der Waals surface area (Å²) in [5, 5.41) is 4.57. The first-order chi connectivity index (χ1) is 12.2. The second-order valence-corrected chi connectivity index (χ2v) is 7.20. The first-order valence-electron chi connectivity index (χ1n) is 8.82. The van der Waals surface area contributed by atoms with Crippen molar-refractivity contribution < 1.29 is 4.42 Å². The highest BCUT2D eigenvalue weighted by Gasteiger charge is 2.43. The summed E-state index contributed by atoms with van der Waals surface area (Å²) in [7, 11) is 2.20. The van der Waals surface area contributed by atoms with Crippen LogP contribution in [-0.4, -0.2) is 13.6 Å². The molecule has 0 aliphatic carbocycles. The fraction of sp³-hybridized carbons (Fsp3) is 0.238. The Hall–Kier alpha value is -2.88. The van der Waals surface area contributed by atoms with Crippen LogP contribution in [0.1, 0.15) is 28.4 Å². The number of hydrogen-bond acceptors (Lipinski definition) is 4. The Bertz CT molecular complexity index is 1080. The second kappa shape index (κ2) is 4.39. The van der Waals surface area contributed by atoms with Crippen molar-refractivity contribution >= 4 is 34.3 Å². The Labute approximate surface area is 146 Å². The first-order valence-corrected chi connectivity index (χ1v) is 8.82. The van der Waals surface area contributed by atoms with E-state index in [0.717, 1.165) is 24.6 Å². The molecule has 1 aromatic heterocycles. The molecule has 3 aliphatic rings. The molecular weight excluding hydrogens is 310 g/mol. The second-order valence-electron chi connectivity index (χ2n) is 7.20. The quantitative estimate of drug-likeness (QED) is 0.650. The maximum absolute atomic E-state index is 6.30. The average molecular weight is 329 g/mol. The van der Waals surface area contributed by atoms with E-state index in [2.05, 4.69) is 71.6 Å². The molecule has 0 saturated heterocycles. The Balaban J connectivity index is 1.61. The average Bonchev–Trinajstić information content (AvgIpc) is 3.25. The Morgan fingerprint density at radius 3 is 3.04 bits per heavy atom. The van der Waals surface area contributed by atoms with Crippen molar-refractivity contribution in [3.05, 3.63) is 58.7 Å². The predicted molar refractivity (Wildman–Crippen MR) is 102 cm³/mol. The van der Waals surface area contributed by atoms with Crippen LogP contribution in [0.2, 0.25) is 0 Å². The third kappa shape index (κ3) is 1.53. The molecule has 1 unspecified atom stereocenters. The smallest absolute Gasteiger partial charge is 0.201 e. The highest BCUT2D eigenvalue weighted by atomic mass is 16.4. The normalized spacial score (nSPS) is 19.7. The van der Waals surface area contributed by atoms with Gasteiger partial charge in [-0.05, 0) is 24.1 Å². The van der Waals surface area contributed by atoms with Gasteiger partial charge in [0, 0.05) is 36.7 Å². The lowest BCUT2D eigenvalue weighted by Crippen LogP contribution is -2.27. The van der Waals surface area contributed by atoms with E-state index in [4.69, 9.17) is 4.42 Å². The third-order valence-electron chi connectivity index (χ3n) is 5.83. The predicted octanol–water partition coefficient (Wildman–Crippen LogP) is 4.65. The maximum atomic E-state index is 6.30. The molecule has 6 rings (SSSR count). The number of anilines is 3. The maximum Gasteiger partial charge on any atom is 0.201 e. The van der Waals surface area contributed by atoms with Crippen LogP contribution in [0, 0.1) is 6.92 Å². The number of para-hydroxylation sites is 1. The minimum atomic E-state index is 0.214. The molecule has 4 nitrogen and oxygen atoms in total. The number of nitrogens with zero attached hydrogens (tertiary/aromatic N) is 2. The van der Waals surface area contributed by atoms with Crippen molar-refractivity contribution in [3.8, 4) is 0 Å². The minimum absolute atomic E-state index is 0.214. The van der Waals surface area contributed by atoms with Crippen molar-refractivity contribution in [2.24, 2.45) is 0 Å². The van der Waals surface area contributed by atoms with Crippen LogP contribution in [0.25, 0.3) is 17.0 Å². The summed E-state index contributed by atoms with van der Waals surface area (Å²) in [5.41, 5.74) is 8.89.